The zero-order valence-electron chi connectivity index (χ0n) is 10.9. The van der Waals surface area contributed by atoms with E-state index < -0.39 is 11.9 Å². The molecule has 2 atom stereocenters. The first-order valence-corrected chi connectivity index (χ1v) is 6.49. The number of aliphatic carboxylic acids is 1. The van der Waals surface area contributed by atoms with Gasteiger partial charge in [-0.05, 0) is 25.0 Å². The molecule has 1 aliphatic rings. The molecule has 0 saturated heterocycles. The van der Waals surface area contributed by atoms with Crippen molar-refractivity contribution in [3.05, 3.63) is 36.2 Å². The number of carbonyl (C=O) groups excluding carboxylic acids is 1. The molecule has 0 aromatic carbocycles. The molecular weight excluding hydrogens is 244 g/mol. The normalized spacial score (nSPS) is 21.5. The molecule has 2 rings (SSSR count). The Bertz CT molecular complexity index is 505. The third-order valence-electron chi connectivity index (χ3n) is 3.24. The van der Waals surface area contributed by atoms with Gasteiger partial charge in [-0.3, -0.25) is 9.59 Å². The number of carbonyl (C=O) groups is 2. The molecule has 2 unspecified atom stereocenters. The maximum absolute atomic E-state index is 12.1. The molecule has 0 fully saturated rings. The number of carboxylic acid groups (broad SMARTS) is 1. The molecular formula is C14H18N2O3. The van der Waals surface area contributed by atoms with Crippen LogP contribution in [0.4, 0.5) is 0 Å². The Morgan fingerprint density at radius 2 is 2.26 bits per heavy atom. The van der Waals surface area contributed by atoms with Crippen molar-refractivity contribution in [2.45, 2.75) is 32.4 Å². The molecule has 0 aliphatic heterocycles. The predicted molar refractivity (Wildman–Crippen MR) is 70.9 cm³/mol. The number of nitrogens with zero attached hydrogens (tertiary/aromatic N) is 1. The van der Waals surface area contributed by atoms with Crippen LogP contribution in [-0.2, 0) is 11.3 Å². The van der Waals surface area contributed by atoms with E-state index in [1.165, 1.54) is 0 Å². The summed E-state index contributed by atoms with van der Waals surface area (Å²) in [5, 5.41) is 11.8. The number of hydrogen-bond acceptors (Lipinski definition) is 2. The standard InChI is InChI=1S/C14H18N2O3/c1-2-7-16-8-3-4-12(16)13(17)15-11-6-5-10(9-11)14(18)19/h3-6,8,10-11H,2,7,9H2,1H3,(H,15,17)(H,18,19). The van der Waals surface area contributed by atoms with E-state index in [9.17, 15) is 9.59 Å². The van der Waals surface area contributed by atoms with E-state index in [0.717, 1.165) is 13.0 Å². The number of aromatic nitrogens is 1. The van der Waals surface area contributed by atoms with E-state index in [-0.39, 0.29) is 11.9 Å². The number of aryl methyl sites for hydroxylation is 1. The molecule has 2 N–H and O–H groups in total. The van der Waals surface area contributed by atoms with Gasteiger partial charge in [-0.15, -0.1) is 0 Å². The molecule has 1 aliphatic carbocycles. The van der Waals surface area contributed by atoms with Gasteiger partial charge in [-0.25, -0.2) is 0 Å². The third-order valence-corrected chi connectivity index (χ3v) is 3.24. The smallest absolute Gasteiger partial charge is 0.310 e. The fourth-order valence-electron chi connectivity index (χ4n) is 2.29. The molecule has 0 bridgehead atoms. The van der Waals surface area contributed by atoms with Crippen LogP contribution < -0.4 is 5.32 Å². The Morgan fingerprint density at radius 3 is 2.89 bits per heavy atom. The molecule has 1 heterocycles. The van der Waals surface area contributed by atoms with E-state index in [4.69, 9.17) is 5.11 Å². The van der Waals surface area contributed by atoms with Crippen LogP contribution in [0.2, 0.25) is 0 Å². The molecule has 1 aromatic heterocycles. The second-order valence-corrected chi connectivity index (χ2v) is 4.73. The summed E-state index contributed by atoms with van der Waals surface area (Å²) in [6.07, 6.45) is 6.65. The average molecular weight is 262 g/mol. The minimum Gasteiger partial charge on any atom is -0.481 e. The average Bonchev–Trinajstić information content (AvgIpc) is 2.98. The first-order valence-electron chi connectivity index (χ1n) is 6.49. The highest BCUT2D eigenvalue weighted by Crippen LogP contribution is 2.18. The van der Waals surface area contributed by atoms with Gasteiger partial charge in [-0.1, -0.05) is 19.1 Å². The zero-order valence-corrected chi connectivity index (χ0v) is 10.9. The number of rotatable bonds is 5. The summed E-state index contributed by atoms with van der Waals surface area (Å²) in [7, 11) is 0. The largest absolute Gasteiger partial charge is 0.481 e. The maximum atomic E-state index is 12.1. The van der Waals surface area contributed by atoms with Crippen LogP contribution in [0.15, 0.2) is 30.5 Å². The van der Waals surface area contributed by atoms with Gasteiger partial charge >= 0.3 is 5.97 Å². The van der Waals surface area contributed by atoms with Gasteiger partial charge in [0.15, 0.2) is 0 Å². The summed E-state index contributed by atoms with van der Waals surface area (Å²) < 4.78 is 1.91. The minimum absolute atomic E-state index is 0.154. The molecule has 1 aromatic rings. The lowest BCUT2D eigenvalue weighted by Gasteiger charge is -2.13. The molecule has 19 heavy (non-hydrogen) atoms. The summed E-state index contributed by atoms with van der Waals surface area (Å²) in [6, 6.07) is 3.42. The number of carboxylic acids is 1. The highest BCUT2D eigenvalue weighted by atomic mass is 16.4. The minimum atomic E-state index is -0.845. The molecule has 0 spiro atoms. The lowest BCUT2D eigenvalue weighted by Crippen LogP contribution is -2.34. The Balaban J connectivity index is 1.97. The predicted octanol–water partition coefficient (Wildman–Crippen LogP) is 1.66. The van der Waals surface area contributed by atoms with E-state index >= 15 is 0 Å². The third kappa shape index (κ3) is 3.05. The number of amides is 1. The number of hydrogen-bond donors (Lipinski definition) is 2. The zero-order chi connectivity index (χ0) is 13.8. The van der Waals surface area contributed by atoms with E-state index in [1.54, 1.807) is 18.2 Å². The van der Waals surface area contributed by atoms with Crippen molar-refractivity contribution < 1.29 is 14.7 Å². The van der Waals surface area contributed by atoms with Crippen molar-refractivity contribution >= 4 is 11.9 Å². The second kappa shape index (κ2) is 5.73. The summed E-state index contributed by atoms with van der Waals surface area (Å²) in [4.78, 5) is 23.0. The van der Waals surface area contributed by atoms with Gasteiger partial charge in [0.05, 0.1) is 5.92 Å². The van der Waals surface area contributed by atoms with Crippen LogP contribution in [0.1, 0.15) is 30.3 Å². The fourth-order valence-corrected chi connectivity index (χ4v) is 2.29. The molecule has 5 nitrogen and oxygen atoms in total. The first kappa shape index (κ1) is 13.4. The highest BCUT2D eigenvalue weighted by molar-refractivity contribution is 5.93. The maximum Gasteiger partial charge on any atom is 0.310 e. The Hall–Kier alpha value is -2.04. The monoisotopic (exact) mass is 262 g/mol. The van der Waals surface area contributed by atoms with E-state index in [2.05, 4.69) is 12.2 Å². The summed E-state index contributed by atoms with van der Waals surface area (Å²) in [5.74, 6) is -1.49. The Kier molecular flexibility index (Phi) is 4.04. The van der Waals surface area contributed by atoms with Crippen LogP contribution in [-0.4, -0.2) is 27.6 Å². The topological polar surface area (TPSA) is 71.3 Å². The van der Waals surface area contributed by atoms with Crippen molar-refractivity contribution in [2.24, 2.45) is 5.92 Å². The van der Waals surface area contributed by atoms with Gasteiger partial charge in [0.25, 0.3) is 5.91 Å². The van der Waals surface area contributed by atoms with Crippen LogP contribution >= 0.6 is 0 Å². The van der Waals surface area contributed by atoms with Gasteiger partial charge in [-0.2, -0.15) is 0 Å². The quantitative estimate of drug-likeness (QED) is 0.793. The van der Waals surface area contributed by atoms with Crippen LogP contribution in [0, 0.1) is 5.92 Å². The van der Waals surface area contributed by atoms with Crippen molar-refractivity contribution in [3.8, 4) is 0 Å². The van der Waals surface area contributed by atoms with Crippen molar-refractivity contribution in [1.29, 1.82) is 0 Å². The molecule has 5 heteroatoms. The first-order chi connectivity index (χ1) is 9.11. The summed E-state index contributed by atoms with van der Waals surface area (Å²) in [6.45, 7) is 2.85. The van der Waals surface area contributed by atoms with Gasteiger partial charge in [0, 0.05) is 18.8 Å². The van der Waals surface area contributed by atoms with Crippen LogP contribution in [0.5, 0.6) is 0 Å². The fraction of sp³-hybridized carbons (Fsp3) is 0.429. The lowest BCUT2D eigenvalue weighted by molar-refractivity contribution is -0.140. The van der Waals surface area contributed by atoms with Crippen molar-refractivity contribution in [1.82, 2.24) is 9.88 Å². The highest BCUT2D eigenvalue weighted by Gasteiger charge is 2.26. The van der Waals surface area contributed by atoms with Crippen LogP contribution in [0.3, 0.4) is 0 Å². The molecule has 0 radical (unpaired) electrons. The van der Waals surface area contributed by atoms with Crippen molar-refractivity contribution in [2.75, 3.05) is 0 Å². The molecule has 102 valence electrons. The van der Waals surface area contributed by atoms with E-state index in [1.807, 2.05) is 16.8 Å². The lowest BCUT2D eigenvalue weighted by atomic mass is 10.1. The van der Waals surface area contributed by atoms with Crippen molar-refractivity contribution in [3.63, 3.8) is 0 Å². The van der Waals surface area contributed by atoms with Gasteiger partial charge in [0.2, 0.25) is 0 Å². The van der Waals surface area contributed by atoms with Gasteiger partial charge < -0.3 is 15.0 Å². The second-order valence-electron chi connectivity index (χ2n) is 4.73. The number of nitrogens with one attached hydrogen (secondary N) is 1. The molecule has 1 amide bonds. The van der Waals surface area contributed by atoms with Crippen LogP contribution in [0.25, 0.3) is 0 Å². The molecule has 0 saturated carbocycles. The Morgan fingerprint density at radius 1 is 1.47 bits per heavy atom. The van der Waals surface area contributed by atoms with Gasteiger partial charge in [0.1, 0.15) is 5.69 Å². The Labute approximate surface area is 111 Å². The summed E-state index contributed by atoms with van der Waals surface area (Å²) >= 11 is 0. The van der Waals surface area contributed by atoms with E-state index in [0.29, 0.717) is 12.1 Å². The summed E-state index contributed by atoms with van der Waals surface area (Å²) in [5.41, 5.74) is 0.619. The SMILES string of the molecule is CCCn1cccc1C(=O)NC1C=CC(C(=O)O)C1.